The third kappa shape index (κ3) is 7.57. The molecule has 1 aromatic rings. The first-order chi connectivity index (χ1) is 11.7. The van der Waals surface area contributed by atoms with E-state index < -0.39 is 0 Å². The van der Waals surface area contributed by atoms with Gasteiger partial charge in [0.1, 0.15) is 18.7 Å². The predicted molar refractivity (Wildman–Crippen MR) is 109 cm³/mol. The number of halogens is 1. The largest absolute Gasteiger partial charge is 0.357 e. The lowest BCUT2D eigenvalue weighted by Crippen LogP contribution is -2.42. The van der Waals surface area contributed by atoms with Crippen LogP contribution in [0.4, 0.5) is 0 Å². The Bertz CT molecular complexity index is 540. The van der Waals surface area contributed by atoms with Gasteiger partial charge in [0.15, 0.2) is 5.96 Å². The van der Waals surface area contributed by atoms with Crippen LogP contribution < -0.4 is 16.0 Å². The smallest absolute Gasteiger partial charge is 0.223 e. The van der Waals surface area contributed by atoms with Gasteiger partial charge in [0.2, 0.25) is 5.91 Å². The molecule has 1 amide bonds. The van der Waals surface area contributed by atoms with Gasteiger partial charge in [-0.2, -0.15) is 5.10 Å². The summed E-state index contributed by atoms with van der Waals surface area (Å²) in [4.78, 5) is 20.7. The van der Waals surface area contributed by atoms with Crippen molar-refractivity contribution in [1.29, 1.82) is 0 Å². The summed E-state index contributed by atoms with van der Waals surface area (Å²) in [6.45, 7) is 4.50. The number of amides is 1. The number of carbonyl (C=O) groups is 1. The maximum absolute atomic E-state index is 12.1. The van der Waals surface area contributed by atoms with Crippen LogP contribution >= 0.6 is 24.0 Å². The number of aryl methyl sites for hydroxylation is 1. The van der Waals surface area contributed by atoms with Gasteiger partial charge in [0.25, 0.3) is 0 Å². The molecule has 3 N–H and O–H groups in total. The molecule has 0 saturated heterocycles. The summed E-state index contributed by atoms with van der Waals surface area (Å²) >= 11 is 0. The molecule has 8 nitrogen and oxygen atoms in total. The van der Waals surface area contributed by atoms with E-state index in [0.29, 0.717) is 25.6 Å². The van der Waals surface area contributed by atoms with Crippen LogP contribution in [-0.4, -0.2) is 46.3 Å². The Morgan fingerprint density at radius 2 is 1.96 bits per heavy atom. The van der Waals surface area contributed by atoms with Crippen molar-refractivity contribution in [2.75, 3.05) is 19.6 Å². The fraction of sp³-hybridized carbons (Fsp3) is 0.750. The summed E-state index contributed by atoms with van der Waals surface area (Å²) in [5, 5.41) is 13.5. The lowest BCUT2D eigenvalue weighted by molar-refractivity contribution is -0.125. The molecule has 0 bridgehead atoms. The highest BCUT2D eigenvalue weighted by molar-refractivity contribution is 14.0. The van der Waals surface area contributed by atoms with Gasteiger partial charge in [0.05, 0.1) is 0 Å². The van der Waals surface area contributed by atoms with Crippen LogP contribution in [0.3, 0.4) is 0 Å². The van der Waals surface area contributed by atoms with Crippen LogP contribution in [0, 0.1) is 5.92 Å². The molecular weight excluding hydrogens is 433 g/mol. The molecule has 0 unspecified atom stereocenters. The highest BCUT2D eigenvalue weighted by Crippen LogP contribution is 2.23. The monoisotopic (exact) mass is 463 g/mol. The molecule has 0 aliphatic heterocycles. The fourth-order valence-corrected chi connectivity index (χ4v) is 2.83. The van der Waals surface area contributed by atoms with Crippen molar-refractivity contribution < 1.29 is 4.79 Å². The summed E-state index contributed by atoms with van der Waals surface area (Å²) in [7, 11) is 1.85. The Morgan fingerprint density at radius 1 is 1.24 bits per heavy atom. The van der Waals surface area contributed by atoms with Crippen molar-refractivity contribution in [2.45, 2.75) is 45.6 Å². The van der Waals surface area contributed by atoms with Crippen molar-refractivity contribution in [3.05, 3.63) is 12.2 Å². The number of aliphatic imine (C=N–C) groups is 1. The first kappa shape index (κ1) is 21.7. The standard InChI is InChI=1S/C16H29N7O.HI/c1-3-17-16(20-11-14-21-12-22-23(14)2)19-10-9-18-15(24)13-7-5-4-6-8-13;/h12-13H,3-11H2,1-2H3,(H,18,24)(H2,17,19,20);1H. The van der Waals surface area contributed by atoms with Gasteiger partial charge in [-0.15, -0.1) is 24.0 Å². The lowest BCUT2D eigenvalue weighted by Gasteiger charge is -2.21. The summed E-state index contributed by atoms with van der Waals surface area (Å²) < 4.78 is 1.71. The second kappa shape index (κ2) is 12.0. The predicted octanol–water partition coefficient (Wildman–Crippen LogP) is 1.18. The molecule has 25 heavy (non-hydrogen) atoms. The number of aromatic nitrogens is 3. The summed E-state index contributed by atoms with van der Waals surface area (Å²) in [5.41, 5.74) is 0. The number of nitrogens with one attached hydrogen (secondary N) is 3. The lowest BCUT2D eigenvalue weighted by atomic mass is 9.89. The SMILES string of the molecule is CCNC(=NCc1ncnn1C)NCCNC(=O)C1CCCCC1.I. The first-order valence-electron chi connectivity index (χ1n) is 8.83. The minimum absolute atomic E-state index is 0. The van der Waals surface area contributed by atoms with Gasteiger partial charge in [0, 0.05) is 32.6 Å². The van der Waals surface area contributed by atoms with Gasteiger partial charge in [-0.1, -0.05) is 19.3 Å². The second-order valence-electron chi connectivity index (χ2n) is 6.05. The molecule has 142 valence electrons. The van der Waals surface area contributed by atoms with E-state index in [1.165, 1.54) is 25.6 Å². The number of hydrogen-bond acceptors (Lipinski definition) is 4. The summed E-state index contributed by atoms with van der Waals surface area (Å²) in [6, 6.07) is 0. The first-order valence-corrected chi connectivity index (χ1v) is 8.83. The third-order valence-corrected chi connectivity index (χ3v) is 4.22. The molecule has 0 aromatic carbocycles. The maximum atomic E-state index is 12.1. The highest BCUT2D eigenvalue weighted by Gasteiger charge is 2.20. The van der Waals surface area contributed by atoms with Gasteiger partial charge in [-0.25, -0.2) is 9.98 Å². The number of nitrogens with zero attached hydrogens (tertiary/aromatic N) is 4. The zero-order chi connectivity index (χ0) is 17.2. The molecule has 2 rings (SSSR count). The van der Waals surface area contributed by atoms with Gasteiger partial charge < -0.3 is 16.0 Å². The van der Waals surface area contributed by atoms with E-state index in [1.807, 2.05) is 14.0 Å². The van der Waals surface area contributed by atoms with Gasteiger partial charge >= 0.3 is 0 Å². The Labute approximate surface area is 166 Å². The highest BCUT2D eigenvalue weighted by atomic mass is 127. The van der Waals surface area contributed by atoms with E-state index in [4.69, 9.17) is 0 Å². The molecule has 1 heterocycles. The average molecular weight is 463 g/mol. The number of hydrogen-bond donors (Lipinski definition) is 3. The molecule has 1 aromatic heterocycles. The minimum Gasteiger partial charge on any atom is -0.357 e. The minimum atomic E-state index is 0. The molecule has 0 atom stereocenters. The Balaban J connectivity index is 0.00000312. The van der Waals surface area contributed by atoms with Crippen LogP contribution in [0.15, 0.2) is 11.3 Å². The average Bonchev–Trinajstić information content (AvgIpc) is 3.02. The molecule has 0 radical (unpaired) electrons. The van der Waals surface area contributed by atoms with Crippen LogP contribution in [0.1, 0.15) is 44.9 Å². The molecule has 1 saturated carbocycles. The molecule has 1 aliphatic rings. The fourth-order valence-electron chi connectivity index (χ4n) is 2.83. The third-order valence-electron chi connectivity index (χ3n) is 4.22. The Hall–Kier alpha value is -1.39. The van der Waals surface area contributed by atoms with Gasteiger partial charge in [-0.3, -0.25) is 9.48 Å². The van der Waals surface area contributed by atoms with Crippen molar-refractivity contribution >= 4 is 35.8 Å². The molecular formula is C16H30IN7O. The zero-order valence-corrected chi connectivity index (χ0v) is 17.5. The van der Waals surface area contributed by atoms with E-state index in [9.17, 15) is 4.79 Å². The van der Waals surface area contributed by atoms with Crippen molar-refractivity contribution in [2.24, 2.45) is 18.0 Å². The second-order valence-corrected chi connectivity index (χ2v) is 6.05. The van der Waals surface area contributed by atoms with Crippen LogP contribution in [0.2, 0.25) is 0 Å². The molecule has 9 heteroatoms. The van der Waals surface area contributed by atoms with E-state index in [-0.39, 0.29) is 35.8 Å². The molecule has 0 spiro atoms. The Morgan fingerprint density at radius 3 is 2.60 bits per heavy atom. The maximum Gasteiger partial charge on any atom is 0.223 e. The van der Waals surface area contributed by atoms with E-state index in [2.05, 4.69) is 31.0 Å². The summed E-state index contributed by atoms with van der Waals surface area (Å²) in [5.74, 6) is 1.92. The van der Waals surface area contributed by atoms with Crippen molar-refractivity contribution in [1.82, 2.24) is 30.7 Å². The quantitative estimate of drug-likeness (QED) is 0.244. The van der Waals surface area contributed by atoms with Crippen molar-refractivity contribution in [3.8, 4) is 0 Å². The number of guanidine groups is 1. The van der Waals surface area contributed by atoms with E-state index >= 15 is 0 Å². The Kier molecular flexibility index (Phi) is 10.4. The topological polar surface area (TPSA) is 96.2 Å². The van der Waals surface area contributed by atoms with Crippen LogP contribution in [-0.2, 0) is 18.4 Å². The number of rotatable bonds is 7. The van der Waals surface area contributed by atoms with E-state index in [1.54, 1.807) is 4.68 Å². The van der Waals surface area contributed by atoms with Crippen molar-refractivity contribution in [3.63, 3.8) is 0 Å². The zero-order valence-electron chi connectivity index (χ0n) is 15.1. The molecule has 1 aliphatic carbocycles. The molecule has 1 fully saturated rings. The van der Waals surface area contributed by atoms with Crippen LogP contribution in [0.25, 0.3) is 0 Å². The van der Waals surface area contributed by atoms with Crippen LogP contribution in [0.5, 0.6) is 0 Å². The van der Waals surface area contributed by atoms with Gasteiger partial charge in [-0.05, 0) is 19.8 Å². The van der Waals surface area contributed by atoms with E-state index in [0.717, 1.165) is 25.2 Å². The normalized spacial score (nSPS) is 15.4. The summed E-state index contributed by atoms with van der Waals surface area (Å²) in [6.07, 6.45) is 7.19. The number of carbonyl (C=O) groups excluding carboxylic acids is 1.